The molecule has 4 heteroatoms. The second-order valence-corrected chi connectivity index (χ2v) is 4.73. The maximum Gasteiger partial charge on any atom is 0.107 e. The first kappa shape index (κ1) is 9.12. The third-order valence-corrected chi connectivity index (χ3v) is 3.51. The van der Waals surface area contributed by atoms with E-state index in [2.05, 4.69) is 17.2 Å². The first-order chi connectivity index (χ1) is 6.31. The van der Waals surface area contributed by atoms with E-state index < -0.39 is 0 Å². The third-order valence-electron chi connectivity index (χ3n) is 2.50. The lowest BCUT2D eigenvalue weighted by Gasteiger charge is -2.04. The lowest BCUT2D eigenvalue weighted by molar-refractivity contribution is 0.731. The van der Waals surface area contributed by atoms with Crippen molar-refractivity contribution in [1.29, 1.82) is 0 Å². The summed E-state index contributed by atoms with van der Waals surface area (Å²) in [7, 11) is 0. The second-order valence-electron chi connectivity index (χ2n) is 3.44. The standard InChI is InChI=1S/C9H15N3S/c1-6-9(7-2-3-11-5-7)12-8(4-10)13-6/h7,11H,2-5,10H2,1H3. The minimum Gasteiger partial charge on any atom is -0.325 e. The topological polar surface area (TPSA) is 50.9 Å². The van der Waals surface area contributed by atoms with Crippen molar-refractivity contribution >= 4 is 11.3 Å². The minimum absolute atomic E-state index is 0.575. The van der Waals surface area contributed by atoms with Gasteiger partial charge in [-0.15, -0.1) is 11.3 Å². The summed E-state index contributed by atoms with van der Waals surface area (Å²) in [6, 6.07) is 0. The van der Waals surface area contributed by atoms with Gasteiger partial charge in [-0.05, 0) is 19.9 Å². The van der Waals surface area contributed by atoms with E-state index in [4.69, 9.17) is 5.73 Å². The van der Waals surface area contributed by atoms with E-state index in [9.17, 15) is 0 Å². The van der Waals surface area contributed by atoms with Crippen molar-refractivity contribution in [1.82, 2.24) is 10.3 Å². The molecule has 1 aliphatic rings. The van der Waals surface area contributed by atoms with Crippen LogP contribution in [0.15, 0.2) is 0 Å². The molecule has 1 saturated heterocycles. The molecular weight excluding hydrogens is 182 g/mol. The van der Waals surface area contributed by atoms with E-state index in [0.29, 0.717) is 12.5 Å². The van der Waals surface area contributed by atoms with Crippen molar-refractivity contribution in [3.8, 4) is 0 Å². The van der Waals surface area contributed by atoms with E-state index in [0.717, 1.165) is 18.1 Å². The number of nitrogens with zero attached hydrogens (tertiary/aromatic N) is 1. The zero-order valence-corrected chi connectivity index (χ0v) is 8.66. The van der Waals surface area contributed by atoms with Crippen LogP contribution in [0.5, 0.6) is 0 Å². The summed E-state index contributed by atoms with van der Waals surface area (Å²) >= 11 is 1.74. The molecular formula is C9H15N3S. The van der Waals surface area contributed by atoms with E-state index in [1.54, 1.807) is 11.3 Å². The predicted molar refractivity (Wildman–Crippen MR) is 55.0 cm³/mol. The maximum atomic E-state index is 5.56. The van der Waals surface area contributed by atoms with Crippen LogP contribution in [0.3, 0.4) is 0 Å². The number of aryl methyl sites for hydroxylation is 1. The van der Waals surface area contributed by atoms with Crippen molar-refractivity contribution in [2.45, 2.75) is 25.8 Å². The Morgan fingerprint density at radius 3 is 3.08 bits per heavy atom. The van der Waals surface area contributed by atoms with Crippen LogP contribution in [-0.2, 0) is 6.54 Å². The summed E-state index contributed by atoms with van der Waals surface area (Å²) in [5, 5.41) is 4.43. The van der Waals surface area contributed by atoms with E-state index in [1.165, 1.54) is 17.0 Å². The Morgan fingerprint density at radius 2 is 2.54 bits per heavy atom. The molecule has 0 bridgehead atoms. The lowest BCUT2D eigenvalue weighted by Crippen LogP contribution is -2.09. The fourth-order valence-corrected chi connectivity index (χ4v) is 2.72. The third kappa shape index (κ3) is 1.75. The van der Waals surface area contributed by atoms with Crippen molar-refractivity contribution < 1.29 is 0 Å². The summed E-state index contributed by atoms with van der Waals surface area (Å²) in [5.74, 6) is 0.622. The van der Waals surface area contributed by atoms with Crippen LogP contribution >= 0.6 is 11.3 Å². The zero-order chi connectivity index (χ0) is 9.26. The number of thiazole rings is 1. The van der Waals surface area contributed by atoms with Crippen LogP contribution in [0.25, 0.3) is 0 Å². The summed E-state index contributed by atoms with van der Waals surface area (Å²) in [5.41, 5.74) is 6.84. The molecule has 1 aromatic rings. The summed E-state index contributed by atoms with van der Waals surface area (Å²) in [4.78, 5) is 5.91. The Morgan fingerprint density at radius 1 is 1.69 bits per heavy atom. The summed E-state index contributed by atoms with van der Waals surface area (Å²) < 4.78 is 0. The highest BCUT2D eigenvalue weighted by atomic mass is 32.1. The average molecular weight is 197 g/mol. The Balaban J connectivity index is 2.22. The van der Waals surface area contributed by atoms with Gasteiger partial charge in [-0.2, -0.15) is 0 Å². The molecule has 0 spiro atoms. The highest BCUT2D eigenvalue weighted by Crippen LogP contribution is 2.28. The van der Waals surface area contributed by atoms with Crippen molar-refractivity contribution in [3.05, 3.63) is 15.6 Å². The minimum atomic E-state index is 0.575. The Labute approximate surface area is 82.4 Å². The molecule has 1 aliphatic heterocycles. The SMILES string of the molecule is Cc1sc(CN)nc1C1CCNC1. The monoisotopic (exact) mass is 197 g/mol. The Hall–Kier alpha value is -0.450. The van der Waals surface area contributed by atoms with Crippen LogP contribution in [0, 0.1) is 6.92 Å². The number of aromatic nitrogens is 1. The summed E-state index contributed by atoms with van der Waals surface area (Å²) in [6.45, 7) is 4.92. The molecule has 2 rings (SSSR count). The predicted octanol–water partition coefficient (Wildman–Crippen LogP) is 0.987. The fourth-order valence-electron chi connectivity index (χ4n) is 1.82. The van der Waals surface area contributed by atoms with E-state index in [1.807, 2.05) is 0 Å². The maximum absolute atomic E-state index is 5.56. The quantitative estimate of drug-likeness (QED) is 0.743. The molecule has 1 fully saturated rings. The molecule has 0 amide bonds. The van der Waals surface area contributed by atoms with Gasteiger partial charge in [-0.3, -0.25) is 0 Å². The molecule has 1 atom stereocenters. The molecule has 2 heterocycles. The molecule has 1 aromatic heterocycles. The number of hydrogen-bond acceptors (Lipinski definition) is 4. The van der Waals surface area contributed by atoms with Crippen LogP contribution in [0.1, 0.15) is 27.9 Å². The van der Waals surface area contributed by atoms with Gasteiger partial charge in [-0.1, -0.05) is 0 Å². The van der Waals surface area contributed by atoms with E-state index >= 15 is 0 Å². The van der Waals surface area contributed by atoms with Gasteiger partial charge in [0.15, 0.2) is 0 Å². The van der Waals surface area contributed by atoms with Crippen LogP contribution in [0.2, 0.25) is 0 Å². The number of hydrogen-bond donors (Lipinski definition) is 2. The van der Waals surface area contributed by atoms with Crippen LogP contribution in [-0.4, -0.2) is 18.1 Å². The highest BCUT2D eigenvalue weighted by Gasteiger charge is 2.21. The second kappa shape index (κ2) is 3.74. The zero-order valence-electron chi connectivity index (χ0n) is 7.84. The first-order valence-electron chi connectivity index (χ1n) is 4.68. The van der Waals surface area contributed by atoms with Gasteiger partial charge in [0.1, 0.15) is 5.01 Å². The lowest BCUT2D eigenvalue weighted by atomic mass is 10.0. The number of rotatable bonds is 2. The normalized spacial score (nSPS) is 22.5. The molecule has 1 unspecified atom stereocenters. The Kier molecular flexibility index (Phi) is 2.62. The molecule has 13 heavy (non-hydrogen) atoms. The molecule has 3 N–H and O–H groups in total. The Bertz CT molecular complexity index is 289. The smallest absolute Gasteiger partial charge is 0.107 e. The van der Waals surface area contributed by atoms with Gasteiger partial charge in [0.25, 0.3) is 0 Å². The molecule has 0 radical (unpaired) electrons. The molecule has 3 nitrogen and oxygen atoms in total. The van der Waals surface area contributed by atoms with Gasteiger partial charge in [0.2, 0.25) is 0 Å². The molecule has 0 aliphatic carbocycles. The van der Waals surface area contributed by atoms with Crippen LogP contribution < -0.4 is 11.1 Å². The van der Waals surface area contributed by atoms with Gasteiger partial charge in [0, 0.05) is 23.9 Å². The highest BCUT2D eigenvalue weighted by molar-refractivity contribution is 7.11. The fraction of sp³-hybridized carbons (Fsp3) is 0.667. The van der Waals surface area contributed by atoms with Gasteiger partial charge in [-0.25, -0.2) is 4.98 Å². The molecule has 0 aromatic carbocycles. The van der Waals surface area contributed by atoms with Crippen molar-refractivity contribution in [3.63, 3.8) is 0 Å². The van der Waals surface area contributed by atoms with Gasteiger partial charge >= 0.3 is 0 Å². The molecule has 72 valence electrons. The number of nitrogens with one attached hydrogen (secondary N) is 1. The van der Waals surface area contributed by atoms with Gasteiger partial charge < -0.3 is 11.1 Å². The van der Waals surface area contributed by atoms with Gasteiger partial charge in [0.05, 0.1) is 5.69 Å². The first-order valence-corrected chi connectivity index (χ1v) is 5.50. The van der Waals surface area contributed by atoms with Crippen molar-refractivity contribution in [2.75, 3.05) is 13.1 Å². The van der Waals surface area contributed by atoms with E-state index in [-0.39, 0.29) is 0 Å². The summed E-state index contributed by atoms with van der Waals surface area (Å²) in [6.07, 6.45) is 1.22. The molecule has 0 saturated carbocycles. The largest absolute Gasteiger partial charge is 0.325 e. The van der Waals surface area contributed by atoms with Crippen LogP contribution in [0.4, 0.5) is 0 Å². The average Bonchev–Trinajstić information content (AvgIpc) is 2.72. The number of nitrogens with two attached hydrogens (primary N) is 1. The van der Waals surface area contributed by atoms with Crippen molar-refractivity contribution in [2.24, 2.45) is 5.73 Å².